The number of aryl methyl sites for hydroxylation is 1. The number of amides is 1. The van der Waals surface area contributed by atoms with Crippen molar-refractivity contribution >= 4 is 11.6 Å². The second-order valence-corrected chi connectivity index (χ2v) is 4.88. The number of ether oxygens (including phenoxy) is 1. The molecule has 5 heteroatoms. The molecule has 1 fully saturated rings. The van der Waals surface area contributed by atoms with Crippen LogP contribution in [-0.4, -0.2) is 45.7 Å². The highest BCUT2D eigenvalue weighted by Gasteiger charge is 2.25. The van der Waals surface area contributed by atoms with Crippen molar-refractivity contribution in [1.29, 1.82) is 0 Å². The van der Waals surface area contributed by atoms with Crippen molar-refractivity contribution in [2.75, 3.05) is 38.7 Å². The first-order valence-corrected chi connectivity index (χ1v) is 6.47. The zero-order chi connectivity index (χ0) is 13.8. The van der Waals surface area contributed by atoms with Crippen molar-refractivity contribution in [2.45, 2.75) is 13.0 Å². The van der Waals surface area contributed by atoms with E-state index in [9.17, 15) is 4.79 Å². The molecular weight excluding hydrogens is 242 g/mol. The lowest BCUT2D eigenvalue weighted by Crippen LogP contribution is -2.57. The van der Waals surface area contributed by atoms with E-state index >= 15 is 0 Å². The molecule has 1 atom stereocenters. The molecule has 1 aromatic carbocycles. The molecule has 0 aromatic heterocycles. The van der Waals surface area contributed by atoms with Crippen LogP contribution < -0.4 is 20.3 Å². The minimum Gasteiger partial charge on any atom is -0.495 e. The Morgan fingerprint density at radius 1 is 1.53 bits per heavy atom. The molecule has 1 unspecified atom stereocenters. The molecule has 19 heavy (non-hydrogen) atoms. The quantitative estimate of drug-likeness (QED) is 0.832. The van der Waals surface area contributed by atoms with Crippen LogP contribution in [0.2, 0.25) is 0 Å². The number of hydrogen-bond acceptors (Lipinski definition) is 4. The Hall–Kier alpha value is -1.75. The van der Waals surface area contributed by atoms with Crippen LogP contribution in [0.3, 0.4) is 0 Å². The van der Waals surface area contributed by atoms with Gasteiger partial charge in [0.25, 0.3) is 0 Å². The number of methoxy groups -OCH3 is 1. The van der Waals surface area contributed by atoms with E-state index in [0.717, 1.165) is 30.1 Å². The van der Waals surface area contributed by atoms with Crippen molar-refractivity contribution < 1.29 is 9.53 Å². The van der Waals surface area contributed by atoms with Crippen molar-refractivity contribution in [3.63, 3.8) is 0 Å². The number of likely N-dealkylation sites (N-methyl/N-ethyl adjacent to an activating group) is 1. The van der Waals surface area contributed by atoms with Crippen LogP contribution in [-0.2, 0) is 4.79 Å². The summed E-state index contributed by atoms with van der Waals surface area (Å²) < 4.78 is 5.40. The standard InChI is InChI=1S/C14H21N3O2/c1-10-4-5-13(19-3)12(6-10)17-8-11(7-15-2)16-14(18)9-17/h4-6,11,15H,7-9H2,1-3H3,(H,16,18). The molecule has 0 saturated carbocycles. The van der Waals surface area contributed by atoms with E-state index in [0.29, 0.717) is 6.54 Å². The van der Waals surface area contributed by atoms with E-state index in [4.69, 9.17) is 4.74 Å². The van der Waals surface area contributed by atoms with Gasteiger partial charge in [-0.3, -0.25) is 4.79 Å². The highest BCUT2D eigenvalue weighted by Crippen LogP contribution is 2.29. The highest BCUT2D eigenvalue weighted by atomic mass is 16.5. The number of benzene rings is 1. The molecule has 0 spiro atoms. The first-order valence-electron chi connectivity index (χ1n) is 6.47. The summed E-state index contributed by atoms with van der Waals surface area (Å²) in [6.45, 7) is 3.96. The van der Waals surface area contributed by atoms with Crippen LogP contribution in [0.25, 0.3) is 0 Å². The van der Waals surface area contributed by atoms with Crippen LogP contribution in [0.1, 0.15) is 5.56 Å². The highest BCUT2D eigenvalue weighted by molar-refractivity contribution is 5.84. The largest absolute Gasteiger partial charge is 0.495 e. The molecular formula is C14H21N3O2. The predicted molar refractivity (Wildman–Crippen MR) is 75.8 cm³/mol. The predicted octanol–water partition coefficient (Wildman–Crippen LogP) is 0.528. The van der Waals surface area contributed by atoms with Gasteiger partial charge in [0, 0.05) is 13.1 Å². The third kappa shape index (κ3) is 3.17. The summed E-state index contributed by atoms with van der Waals surface area (Å²) in [7, 11) is 3.54. The Morgan fingerprint density at radius 2 is 2.32 bits per heavy atom. The molecule has 1 aromatic rings. The van der Waals surface area contributed by atoms with Crippen LogP contribution in [0.15, 0.2) is 18.2 Å². The molecule has 1 aliphatic heterocycles. The minimum atomic E-state index is 0.0510. The third-order valence-corrected chi connectivity index (χ3v) is 3.27. The lowest BCUT2D eigenvalue weighted by molar-refractivity contribution is -0.121. The summed E-state index contributed by atoms with van der Waals surface area (Å²) in [6.07, 6.45) is 0. The molecule has 2 N–H and O–H groups in total. The van der Waals surface area contributed by atoms with Gasteiger partial charge in [-0.15, -0.1) is 0 Å². The average Bonchev–Trinajstić information content (AvgIpc) is 2.38. The Bertz CT molecular complexity index is 462. The fraction of sp³-hybridized carbons (Fsp3) is 0.500. The number of nitrogens with one attached hydrogen (secondary N) is 2. The Balaban J connectivity index is 2.24. The number of rotatable bonds is 4. The van der Waals surface area contributed by atoms with Crippen molar-refractivity contribution in [2.24, 2.45) is 0 Å². The maximum absolute atomic E-state index is 11.8. The van der Waals surface area contributed by atoms with E-state index in [1.165, 1.54) is 0 Å². The molecule has 0 bridgehead atoms. The molecule has 1 aliphatic rings. The van der Waals surface area contributed by atoms with Gasteiger partial charge in [-0.2, -0.15) is 0 Å². The van der Waals surface area contributed by atoms with Gasteiger partial charge in [0.2, 0.25) is 5.91 Å². The van der Waals surface area contributed by atoms with Gasteiger partial charge in [0.05, 0.1) is 25.4 Å². The first kappa shape index (κ1) is 13.7. The van der Waals surface area contributed by atoms with E-state index < -0.39 is 0 Å². The summed E-state index contributed by atoms with van der Waals surface area (Å²) in [5.41, 5.74) is 2.14. The maximum atomic E-state index is 11.8. The molecule has 1 saturated heterocycles. The Labute approximate surface area is 113 Å². The Morgan fingerprint density at radius 3 is 3.00 bits per heavy atom. The fourth-order valence-electron chi connectivity index (χ4n) is 2.42. The van der Waals surface area contributed by atoms with Crippen LogP contribution in [0, 0.1) is 6.92 Å². The van der Waals surface area contributed by atoms with Gasteiger partial charge in [-0.25, -0.2) is 0 Å². The number of anilines is 1. The Kier molecular flexibility index (Phi) is 4.27. The summed E-state index contributed by atoms with van der Waals surface area (Å²) in [5, 5.41) is 6.08. The van der Waals surface area contributed by atoms with Gasteiger partial charge >= 0.3 is 0 Å². The monoisotopic (exact) mass is 263 g/mol. The second kappa shape index (κ2) is 5.93. The van der Waals surface area contributed by atoms with Gasteiger partial charge in [-0.1, -0.05) is 6.07 Å². The summed E-state index contributed by atoms with van der Waals surface area (Å²) in [4.78, 5) is 13.9. The topological polar surface area (TPSA) is 53.6 Å². The summed E-state index contributed by atoms with van der Waals surface area (Å²) in [5.74, 6) is 0.860. The molecule has 2 rings (SSSR count). The minimum absolute atomic E-state index is 0.0510. The van der Waals surface area contributed by atoms with Crippen molar-refractivity contribution in [3.8, 4) is 5.75 Å². The van der Waals surface area contributed by atoms with Gasteiger partial charge in [0.1, 0.15) is 5.75 Å². The SMILES string of the molecule is CNCC1CN(c2cc(C)ccc2OC)CC(=O)N1. The summed E-state index contributed by atoms with van der Waals surface area (Å²) >= 11 is 0. The average molecular weight is 263 g/mol. The summed E-state index contributed by atoms with van der Waals surface area (Å²) in [6, 6.07) is 6.15. The van der Waals surface area contributed by atoms with Crippen molar-refractivity contribution in [1.82, 2.24) is 10.6 Å². The molecule has 5 nitrogen and oxygen atoms in total. The number of carbonyl (C=O) groups is 1. The van der Waals surface area contributed by atoms with E-state index in [-0.39, 0.29) is 11.9 Å². The number of carbonyl (C=O) groups excluding carboxylic acids is 1. The van der Waals surface area contributed by atoms with Crippen LogP contribution in [0.4, 0.5) is 5.69 Å². The molecule has 1 amide bonds. The van der Waals surface area contributed by atoms with Gasteiger partial charge in [0.15, 0.2) is 0 Å². The van der Waals surface area contributed by atoms with Gasteiger partial charge < -0.3 is 20.3 Å². The van der Waals surface area contributed by atoms with Crippen LogP contribution >= 0.6 is 0 Å². The maximum Gasteiger partial charge on any atom is 0.239 e. The second-order valence-electron chi connectivity index (χ2n) is 4.88. The number of nitrogens with zero attached hydrogens (tertiary/aromatic N) is 1. The van der Waals surface area contributed by atoms with Crippen LogP contribution in [0.5, 0.6) is 5.75 Å². The lowest BCUT2D eigenvalue weighted by atomic mass is 10.1. The molecule has 104 valence electrons. The smallest absolute Gasteiger partial charge is 0.239 e. The number of piperazine rings is 1. The lowest BCUT2D eigenvalue weighted by Gasteiger charge is -2.35. The normalized spacial score (nSPS) is 19.2. The zero-order valence-electron chi connectivity index (χ0n) is 11.7. The third-order valence-electron chi connectivity index (χ3n) is 3.27. The van der Waals surface area contributed by atoms with Crippen molar-refractivity contribution in [3.05, 3.63) is 23.8 Å². The van der Waals surface area contributed by atoms with E-state index in [1.807, 2.05) is 26.1 Å². The zero-order valence-corrected chi connectivity index (χ0v) is 11.7. The first-order chi connectivity index (χ1) is 9.13. The molecule has 0 aliphatic carbocycles. The van der Waals surface area contributed by atoms with Gasteiger partial charge in [-0.05, 0) is 31.7 Å². The van der Waals surface area contributed by atoms with E-state index in [2.05, 4.69) is 21.6 Å². The van der Waals surface area contributed by atoms with E-state index in [1.54, 1.807) is 7.11 Å². The fourth-order valence-corrected chi connectivity index (χ4v) is 2.42. The molecule has 1 heterocycles. The number of hydrogen-bond donors (Lipinski definition) is 2. The molecule has 0 radical (unpaired) electrons.